The van der Waals surface area contributed by atoms with Gasteiger partial charge in [0.15, 0.2) is 0 Å². The summed E-state index contributed by atoms with van der Waals surface area (Å²) in [5.41, 5.74) is 1.30. The van der Waals surface area contributed by atoms with Crippen LogP contribution in [0.3, 0.4) is 0 Å². The molecule has 1 atom stereocenters. The van der Waals surface area contributed by atoms with Crippen LogP contribution in [0.5, 0.6) is 0 Å². The first-order valence-corrected chi connectivity index (χ1v) is 5.38. The highest BCUT2D eigenvalue weighted by Crippen LogP contribution is 2.10. The van der Waals surface area contributed by atoms with Crippen molar-refractivity contribution in [3.8, 4) is 0 Å². The molecule has 0 fully saturated rings. The molecule has 3 heteroatoms. The van der Waals surface area contributed by atoms with E-state index >= 15 is 0 Å². The highest BCUT2D eigenvalue weighted by molar-refractivity contribution is 5.03. The highest BCUT2D eigenvalue weighted by atomic mass is 16.5. The first-order chi connectivity index (χ1) is 6.77. The second-order valence-corrected chi connectivity index (χ2v) is 3.52. The van der Waals surface area contributed by atoms with Gasteiger partial charge in [-0.3, -0.25) is 4.68 Å². The van der Waals surface area contributed by atoms with Crippen molar-refractivity contribution in [1.29, 1.82) is 0 Å². The number of aromatic nitrogens is 2. The van der Waals surface area contributed by atoms with Gasteiger partial charge < -0.3 is 4.74 Å². The molecule has 0 amide bonds. The minimum atomic E-state index is 0.432. The molecule has 0 radical (unpaired) electrons. The van der Waals surface area contributed by atoms with Gasteiger partial charge in [0.05, 0.1) is 12.2 Å². The Labute approximate surface area is 86.1 Å². The Morgan fingerprint density at radius 3 is 2.86 bits per heavy atom. The lowest BCUT2D eigenvalue weighted by Crippen LogP contribution is -2.08. The van der Waals surface area contributed by atoms with Gasteiger partial charge in [-0.05, 0) is 32.3 Å². The quantitative estimate of drug-likeness (QED) is 0.653. The molecule has 0 bridgehead atoms. The van der Waals surface area contributed by atoms with Gasteiger partial charge in [0.25, 0.3) is 0 Å². The van der Waals surface area contributed by atoms with Crippen LogP contribution in [0.2, 0.25) is 0 Å². The van der Waals surface area contributed by atoms with Crippen molar-refractivity contribution in [1.82, 2.24) is 9.78 Å². The SMILES string of the molecule is CCOCCC(C)n1cc(CC)cn1. The van der Waals surface area contributed by atoms with Crippen molar-refractivity contribution >= 4 is 0 Å². The lowest BCUT2D eigenvalue weighted by molar-refractivity contribution is 0.133. The van der Waals surface area contributed by atoms with Gasteiger partial charge in [0.1, 0.15) is 0 Å². The maximum atomic E-state index is 5.32. The third-order valence-corrected chi connectivity index (χ3v) is 2.40. The lowest BCUT2D eigenvalue weighted by atomic mass is 10.2. The topological polar surface area (TPSA) is 27.1 Å². The summed E-state index contributed by atoms with van der Waals surface area (Å²) < 4.78 is 7.34. The summed E-state index contributed by atoms with van der Waals surface area (Å²) in [6.07, 6.45) is 6.14. The fraction of sp³-hybridized carbons (Fsp3) is 0.727. The van der Waals surface area contributed by atoms with E-state index in [1.165, 1.54) is 5.56 Å². The Morgan fingerprint density at radius 2 is 2.29 bits per heavy atom. The molecular formula is C11H20N2O. The summed E-state index contributed by atoms with van der Waals surface area (Å²) in [4.78, 5) is 0. The standard InChI is InChI=1S/C11H20N2O/c1-4-11-8-12-13(9-11)10(3)6-7-14-5-2/h8-10H,4-7H2,1-3H3. The van der Waals surface area contributed by atoms with Crippen molar-refractivity contribution in [2.75, 3.05) is 13.2 Å². The summed E-state index contributed by atoms with van der Waals surface area (Å²) in [7, 11) is 0. The molecule has 1 aromatic rings. The third-order valence-electron chi connectivity index (χ3n) is 2.40. The Balaban J connectivity index is 2.39. The fourth-order valence-corrected chi connectivity index (χ4v) is 1.33. The Hall–Kier alpha value is -0.830. The van der Waals surface area contributed by atoms with Crippen LogP contribution in [0.4, 0.5) is 0 Å². The average Bonchev–Trinajstić information content (AvgIpc) is 2.66. The van der Waals surface area contributed by atoms with Crippen LogP contribution in [-0.2, 0) is 11.2 Å². The van der Waals surface area contributed by atoms with Gasteiger partial charge in [-0.1, -0.05) is 6.92 Å². The Bertz CT molecular complexity index is 258. The fourth-order valence-electron chi connectivity index (χ4n) is 1.33. The van der Waals surface area contributed by atoms with Gasteiger partial charge in [0.2, 0.25) is 0 Å². The number of rotatable bonds is 6. The molecule has 0 aliphatic heterocycles. The van der Waals surface area contributed by atoms with Crippen LogP contribution in [0, 0.1) is 0 Å². The first-order valence-electron chi connectivity index (χ1n) is 5.38. The monoisotopic (exact) mass is 196 g/mol. The third kappa shape index (κ3) is 3.14. The molecule has 0 aliphatic rings. The van der Waals surface area contributed by atoms with Crippen LogP contribution in [-0.4, -0.2) is 23.0 Å². The molecule has 0 saturated heterocycles. The van der Waals surface area contributed by atoms with Crippen molar-refractivity contribution in [3.05, 3.63) is 18.0 Å². The minimum absolute atomic E-state index is 0.432. The van der Waals surface area contributed by atoms with E-state index in [2.05, 4.69) is 25.1 Å². The van der Waals surface area contributed by atoms with Crippen molar-refractivity contribution < 1.29 is 4.74 Å². The van der Waals surface area contributed by atoms with Gasteiger partial charge in [-0.25, -0.2) is 0 Å². The van der Waals surface area contributed by atoms with E-state index < -0.39 is 0 Å². The van der Waals surface area contributed by atoms with E-state index in [4.69, 9.17) is 4.74 Å². The van der Waals surface area contributed by atoms with E-state index in [0.29, 0.717) is 6.04 Å². The molecule has 1 rings (SSSR count). The second kappa shape index (κ2) is 5.81. The molecular weight excluding hydrogens is 176 g/mol. The van der Waals surface area contributed by atoms with Gasteiger partial charge in [-0.2, -0.15) is 5.10 Å². The number of nitrogens with zero attached hydrogens (tertiary/aromatic N) is 2. The van der Waals surface area contributed by atoms with E-state index in [-0.39, 0.29) is 0 Å². The van der Waals surface area contributed by atoms with Gasteiger partial charge in [0, 0.05) is 19.4 Å². The molecule has 3 nitrogen and oxygen atoms in total. The molecule has 0 aromatic carbocycles. The van der Waals surface area contributed by atoms with E-state index in [1.807, 2.05) is 17.8 Å². The van der Waals surface area contributed by atoms with E-state index in [1.54, 1.807) is 0 Å². The van der Waals surface area contributed by atoms with Gasteiger partial charge in [-0.15, -0.1) is 0 Å². The Kier molecular flexibility index (Phi) is 4.66. The zero-order chi connectivity index (χ0) is 10.4. The highest BCUT2D eigenvalue weighted by Gasteiger charge is 2.05. The van der Waals surface area contributed by atoms with Crippen LogP contribution in [0.25, 0.3) is 0 Å². The molecule has 0 N–H and O–H groups in total. The first kappa shape index (κ1) is 11.2. The molecule has 0 spiro atoms. The average molecular weight is 196 g/mol. The predicted molar refractivity (Wildman–Crippen MR) is 57.4 cm³/mol. The van der Waals surface area contributed by atoms with Crippen LogP contribution in [0.15, 0.2) is 12.4 Å². The number of hydrogen-bond donors (Lipinski definition) is 0. The molecule has 14 heavy (non-hydrogen) atoms. The molecule has 1 heterocycles. The zero-order valence-corrected chi connectivity index (χ0v) is 9.36. The predicted octanol–water partition coefficient (Wildman–Crippen LogP) is 2.43. The smallest absolute Gasteiger partial charge is 0.0521 e. The molecule has 0 saturated carbocycles. The van der Waals surface area contributed by atoms with Crippen LogP contribution >= 0.6 is 0 Å². The number of aryl methyl sites for hydroxylation is 1. The van der Waals surface area contributed by atoms with E-state index in [9.17, 15) is 0 Å². The summed E-state index contributed by atoms with van der Waals surface area (Å²) in [6, 6.07) is 0.432. The summed E-state index contributed by atoms with van der Waals surface area (Å²) >= 11 is 0. The van der Waals surface area contributed by atoms with Gasteiger partial charge >= 0.3 is 0 Å². The normalized spacial score (nSPS) is 13.1. The summed E-state index contributed by atoms with van der Waals surface area (Å²) in [5.74, 6) is 0. The second-order valence-electron chi connectivity index (χ2n) is 3.52. The lowest BCUT2D eigenvalue weighted by Gasteiger charge is -2.11. The molecule has 0 aliphatic carbocycles. The number of ether oxygens (including phenoxy) is 1. The minimum Gasteiger partial charge on any atom is -0.382 e. The van der Waals surface area contributed by atoms with Crippen molar-refractivity contribution in [3.63, 3.8) is 0 Å². The summed E-state index contributed by atoms with van der Waals surface area (Å²) in [5, 5.41) is 4.33. The van der Waals surface area contributed by atoms with Crippen molar-refractivity contribution in [2.24, 2.45) is 0 Å². The van der Waals surface area contributed by atoms with E-state index in [0.717, 1.165) is 26.1 Å². The summed E-state index contributed by atoms with van der Waals surface area (Å²) in [6.45, 7) is 7.95. The maximum Gasteiger partial charge on any atom is 0.0521 e. The molecule has 1 aromatic heterocycles. The Morgan fingerprint density at radius 1 is 1.50 bits per heavy atom. The van der Waals surface area contributed by atoms with Crippen LogP contribution in [0.1, 0.15) is 38.8 Å². The number of hydrogen-bond acceptors (Lipinski definition) is 2. The zero-order valence-electron chi connectivity index (χ0n) is 9.36. The molecule has 1 unspecified atom stereocenters. The van der Waals surface area contributed by atoms with Crippen molar-refractivity contribution in [2.45, 2.75) is 39.7 Å². The maximum absolute atomic E-state index is 5.32. The van der Waals surface area contributed by atoms with Crippen LogP contribution < -0.4 is 0 Å². The molecule has 80 valence electrons. The largest absolute Gasteiger partial charge is 0.382 e.